The van der Waals surface area contributed by atoms with Crippen LogP contribution in [-0.2, 0) is 16.1 Å². The van der Waals surface area contributed by atoms with Crippen LogP contribution in [0.2, 0.25) is 0 Å². The number of hydrogen-bond acceptors (Lipinski definition) is 3. The van der Waals surface area contributed by atoms with Gasteiger partial charge in [-0.2, -0.15) is 0 Å². The quantitative estimate of drug-likeness (QED) is 0.501. The number of aryl methyl sites for hydroxylation is 1. The summed E-state index contributed by atoms with van der Waals surface area (Å²) in [4.78, 5) is 12.8. The number of piperidine rings is 1. The van der Waals surface area contributed by atoms with Crippen molar-refractivity contribution in [2.45, 2.75) is 63.3 Å². The number of hydrogen-bond donors (Lipinski definition) is 1. The van der Waals surface area contributed by atoms with Crippen LogP contribution in [0.25, 0.3) is 0 Å². The molecule has 2 aliphatic heterocycles. The summed E-state index contributed by atoms with van der Waals surface area (Å²) in [7, 11) is 2.38. The third-order valence-electron chi connectivity index (χ3n) is 7.17. The van der Waals surface area contributed by atoms with Gasteiger partial charge in [-0.1, -0.05) is 60.2 Å². The SMILES string of the molecule is Cc1ccc(C[N+]2(C)C3CCC2CC(OC(=O)C(CO)c2ccccc2)C3)cc1.[Br-]. The minimum absolute atomic E-state index is 0. The van der Waals surface area contributed by atoms with E-state index in [1.807, 2.05) is 30.3 Å². The van der Waals surface area contributed by atoms with Crippen molar-refractivity contribution < 1.29 is 36.1 Å². The van der Waals surface area contributed by atoms with Crippen molar-refractivity contribution in [3.05, 3.63) is 71.3 Å². The monoisotopic (exact) mass is 473 g/mol. The average Bonchev–Trinajstić information content (AvgIpc) is 2.88. The first kappa shape index (κ1) is 23.0. The fourth-order valence-electron chi connectivity index (χ4n) is 5.38. The zero-order valence-electron chi connectivity index (χ0n) is 17.8. The number of aliphatic hydroxyl groups is 1. The summed E-state index contributed by atoms with van der Waals surface area (Å²) in [6.45, 7) is 2.95. The lowest BCUT2D eigenvalue weighted by Crippen LogP contribution is -3.00. The Morgan fingerprint density at radius 2 is 1.67 bits per heavy atom. The summed E-state index contributed by atoms with van der Waals surface area (Å²) in [5.41, 5.74) is 3.50. The van der Waals surface area contributed by atoms with E-state index in [9.17, 15) is 9.90 Å². The predicted octanol–water partition coefficient (Wildman–Crippen LogP) is 0.958. The van der Waals surface area contributed by atoms with E-state index in [0.29, 0.717) is 12.1 Å². The number of aliphatic hydroxyl groups excluding tert-OH is 1. The zero-order valence-corrected chi connectivity index (χ0v) is 19.4. The summed E-state index contributed by atoms with van der Waals surface area (Å²) in [5, 5.41) is 9.76. The van der Waals surface area contributed by atoms with Crippen molar-refractivity contribution in [1.82, 2.24) is 0 Å². The van der Waals surface area contributed by atoms with Gasteiger partial charge >= 0.3 is 5.97 Å². The molecule has 0 radical (unpaired) electrons. The standard InChI is InChI=1S/C25H32NO3.BrH/c1-18-8-10-19(11-9-18)16-26(2)21-12-13-22(26)15-23(14-21)29-25(28)24(17-27)20-6-4-3-5-7-20;/h3-11,21-24,27H,12-17H2,1-2H3;1H/q+1;/p-1. The van der Waals surface area contributed by atoms with E-state index in [2.05, 4.69) is 38.2 Å². The molecule has 2 saturated heterocycles. The Morgan fingerprint density at radius 1 is 1.07 bits per heavy atom. The van der Waals surface area contributed by atoms with Gasteiger partial charge < -0.3 is 31.3 Å². The van der Waals surface area contributed by atoms with Gasteiger partial charge in [0.25, 0.3) is 0 Å². The van der Waals surface area contributed by atoms with Crippen LogP contribution in [0.1, 0.15) is 48.3 Å². The molecule has 2 bridgehead atoms. The Balaban J connectivity index is 0.00000256. The number of carbonyl (C=O) groups excluding carboxylic acids is 1. The molecular formula is C25H32BrNO3. The molecule has 2 fully saturated rings. The number of halogens is 1. The Labute approximate surface area is 190 Å². The average molecular weight is 474 g/mol. The molecule has 3 atom stereocenters. The fourth-order valence-corrected chi connectivity index (χ4v) is 5.38. The Bertz CT molecular complexity index is 825. The highest BCUT2D eigenvalue weighted by molar-refractivity contribution is 5.78. The summed E-state index contributed by atoms with van der Waals surface area (Å²) < 4.78 is 6.98. The Hall–Kier alpha value is -1.69. The van der Waals surface area contributed by atoms with Crippen molar-refractivity contribution in [1.29, 1.82) is 0 Å². The number of nitrogens with zero attached hydrogens (tertiary/aromatic N) is 1. The maximum atomic E-state index is 12.8. The maximum Gasteiger partial charge on any atom is 0.316 e. The van der Waals surface area contributed by atoms with Gasteiger partial charge in [0.15, 0.2) is 0 Å². The lowest BCUT2D eigenvalue weighted by Gasteiger charge is -2.47. The number of fused-ring (bicyclic) bond motifs is 2. The van der Waals surface area contributed by atoms with E-state index in [1.165, 1.54) is 24.0 Å². The van der Waals surface area contributed by atoms with Crippen LogP contribution in [-0.4, -0.2) is 47.4 Å². The number of benzene rings is 2. The minimum Gasteiger partial charge on any atom is -1.00 e. The van der Waals surface area contributed by atoms with Crippen molar-refractivity contribution in [3.8, 4) is 0 Å². The lowest BCUT2D eigenvalue weighted by atomic mass is 9.94. The molecule has 2 aromatic carbocycles. The molecule has 2 aromatic rings. The lowest BCUT2D eigenvalue weighted by molar-refractivity contribution is -0.961. The molecular weight excluding hydrogens is 442 g/mol. The third-order valence-corrected chi connectivity index (χ3v) is 7.17. The molecule has 0 amide bonds. The normalized spacial score (nSPS) is 28.4. The van der Waals surface area contributed by atoms with E-state index in [4.69, 9.17) is 4.74 Å². The van der Waals surface area contributed by atoms with Crippen LogP contribution in [0.4, 0.5) is 0 Å². The van der Waals surface area contributed by atoms with E-state index in [1.54, 1.807) is 0 Å². The highest BCUT2D eigenvalue weighted by atomic mass is 79.9. The highest BCUT2D eigenvalue weighted by Crippen LogP contribution is 2.43. The van der Waals surface area contributed by atoms with Gasteiger partial charge in [-0.05, 0) is 12.5 Å². The van der Waals surface area contributed by atoms with Gasteiger partial charge in [-0.15, -0.1) is 0 Å². The first-order chi connectivity index (χ1) is 14.0. The number of carbonyl (C=O) groups is 1. The van der Waals surface area contributed by atoms with Crippen molar-refractivity contribution >= 4 is 5.97 Å². The van der Waals surface area contributed by atoms with Crippen molar-refractivity contribution in [2.24, 2.45) is 0 Å². The molecule has 5 heteroatoms. The van der Waals surface area contributed by atoms with Crippen LogP contribution in [0.3, 0.4) is 0 Å². The second kappa shape index (κ2) is 9.63. The van der Waals surface area contributed by atoms with E-state index >= 15 is 0 Å². The molecule has 0 aliphatic carbocycles. The fraction of sp³-hybridized carbons (Fsp3) is 0.480. The molecule has 2 heterocycles. The smallest absolute Gasteiger partial charge is 0.316 e. The van der Waals surface area contributed by atoms with E-state index in [-0.39, 0.29) is 35.7 Å². The van der Waals surface area contributed by atoms with Crippen LogP contribution >= 0.6 is 0 Å². The van der Waals surface area contributed by atoms with Gasteiger partial charge in [-0.3, -0.25) is 4.79 Å². The van der Waals surface area contributed by atoms with Crippen molar-refractivity contribution in [3.63, 3.8) is 0 Å². The topological polar surface area (TPSA) is 46.5 Å². The maximum absolute atomic E-state index is 12.8. The third kappa shape index (κ3) is 4.63. The zero-order chi connectivity index (χ0) is 20.4. The van der Waals surface area contributed by atoms with Crippen LogP contribution in [0.5, 0.6) is 0 Å². The Morgan fingerprint density at radius 3 is 2.23 bits per heavy atom. The van der Waals surface area contributed by atoms with E-state index < -0.39 is 5.92 Å². The predicted molar refractivity (Wildman–Crippen MR) is 113 cm³/mol. The van der Waals surface area contributed by atoms with Crippen LogP contribution in [0.15, 0.2) is 54.6 Å². The summed E-state index contributed by atoms with van der Waals surface area (Å²) in [6, 6.07) is 19.4. The van der Waals surface area contributed by atoms with Gasteiger partial charge in [0.05, 0.1) is 25.7 Å². The first-order valence-electron chi connectivity index (χ1n) is 10.8. The molecule has 4 rings (SSSR count). The molecule has 2 aliphatic rings. The molecule has 30 heavy (non-hydrogen) atoms. The van der Waals surface area contributed by atoms with Crippen molar-refractivity contribution in [2.75, 3.05) is 13.7 Å². The molecule has 0 aromatic heterocycles. The largest absolute Gasteiger partial charge is 1.00 e. The second-order valence-electron chi connectivity index (χ2n) is 9.05. The van der Waals surface area contributed by atoms with Gasteiger partial charge in [0.1, 0.15) is 18.6 Å². The number of ether oxygens (including phenoxy) is 1. The van der Waals surface area contributed by atoms with Crippen LogP contribution in [0, 0.1) is 6.92 Å². The first-order valence-corrected chi connectivity index (χ1v) is 10.8. The number of quaternary nitrogens is 1. The molecule has 162 valence electrons. The summed E-state index contributed by atoms with van der Waals surface area (Å²) >= 11 is 0. The number of rotatable bonds is 6. The van der Waals surface area contributed by atoms with Gasteiger partial charge in [0, 0.05) is 31.2 Å². The van der Waals surface area contributed by atoms with E-state index in [0.717, 1.165) is 29.4 Å². The van der Waals surface area contributed by atoms with Crippen LogP contribution < -0.4 is 17.0 Å². The molecule has 0 spiro atoms. The molecule has 1 N–H and O–H groups in total. The Kier molecular flexibility index (Phi) is 7.38. The molecule has 4 nitrogen and oxygen atoms in total. The summed E-state index contributed by atoms with van der Waals surface area (Å²) in [6.07, 6.45) is 4.18. The van der Waals surface area contributed by atoms with Gasteiger partial charge in [-0.25, -0.2) is 0 Å². The number of esters is 1. The highest BCUT2D eigenvalue weighted by Gasteiger charge is 2.52. The summed E-state index contributed by atoms with van der Waals surface area (Å²) in [5.74, 6) is -0.887. The van der Waals surface area contributed by atoms with Gasteiger partial charge in [0.2, 0.25) is 0 Å². The molecule has 0 saturated carbocycles. The molecule has 3 unspecified atom stereocenters. The minimum atomic E-state index is -0.593. The second-order valence-corrected chi connectivity index (χ2v) is 9.05.